The van der Waals surface area contributed by atoms with E-state index in [1.807, 2.05) is 18.2 Å². The first-order chi connectivity index (χ1) is 22.9. The third kappa shape index (κ3) is 14.3. The number of likely N-dealkylation sites (tertiary alicyclic amines) is 1. The van der Waals surface area contributed by atoms with Gasteiger partial charge in [0, 0.05) is 41.7 Å². The van der Waals surface area contributed by atoms with E-state index in [0.717, 1.165) is 60.2 Å². The predicted molar refractivity (Wildman–Crippen MR) is 188 cm³/mol. The summed E-state index contributed by atoms with van der Waals surface area (Å²) < 4.78 is 6.48. The SMILES string of the molecule is CC1CCC(NC(=O)N(CCCl)N=O)CC1.CN1CCCC1CCOC(C)(c1ccccc1)c1ccc(Cl)cc1.O=C(O)C=CC(=O)O. The number of nitrogens with one attached hydrogen (secondary N) is 1. The van der Waals surface area contributed by atoms with E-state index in [1.54, 1.807) is 0 Å². The van der Waals surface area contributed by atoms with Gasteiger partial charge in [-0.15, -0.1) is 16.5 Å². The number of aliphatic carboxylic acids is 2. The molecule has 2 amide bonds. The van der Waals surface area contributed by atoms with Crippen molar-refractivity contribution in [3.8, 4) is 0 Å². The summed E-state index contributed by atoms with van der Waals surface area (Å²) in [6.45, 7) is 6.48. The Morgan fingerprint density at radius 1 is 1.00 bits per heavy atom. The molecule has 1 saturated carbocycles. The zero-order chi connectivity index (χ0) is 35.5. The maximum atomic E-state index is 11.6. The molecule has 1 aliphatic heterocycles. The average molecular weight is 708 g/mol. The van der Waals surface area contributed by atoms with Gasteiger partial charge in [-0.05, 0) is 94.6 Å². The molecule has 11 nitrogen and oxygen atoms in total. The van der Waals surface area contributed by atoms with Crippen LogP contribution >= 0.6 is 23.2 Å². The van der Waals surface area contributed by atoms with Crippen molar-refractivity contribution >= 4 is 41.2 Å². The minimum Gasteiger partial charge on any atom is -0.478 e. The summed E-state index contributed by atoms with van der Waals surface area (Å²) in [4.78, 5) is 43.5. The number of amides is 2. The molecule has 2 aromatic carbocycles. The summed E-state index contributed by atoms with van der Waals surface area (Å²) >= 11 is 11.5. The summed E-state index contributed by atoms with van der Waals surface area (Å²) in [5, 5.41) is 22.7. The van der Waals surface area contributed by atoms with Gasteiger partial charge in [-0.3, -0.25) is 0 Å². The van der Waals surface area contributed by atoms with Gasteiger partial charge >= 0.3 is 18.0 Å². The molecule has 2 aliphatic rings. The van der Waals surface area contributed by atoms with Crippen molar-refractivity contribution in [3.05, 3.63) is 87.8 Å². The number of hydrogen-bond donors (Lipinski definition) is 3. The number of alkyl halides is 1. The number of ether oxygens (including phenoxy) is 1. The summed E-state index contributed by atoms with van der Waals surface area (Å²) in [6, 6.07) is 18.8. The highest BCUT2D eigenvalue weighted by Gasteiger charge is 2.31. The molecular formula is C35H48Cl2N4O7. The van der Waals surface area contributed by atoms with Gasteiger partial charge in [-0.1, -0.05) is 61.0 Å². The second-order valence-electron chi connectivity index (χ2n) is 12.1. The molecular weight excluding hydrogens is 659 g/mol. The first-order valence-corrected chi connectivity index (χ1v) is 17.1. The van der Waals surface area contributed by atoms with Crippen molar-refractivity contribution in [2.45, 2.75) is 76.5 Å². The van der Waals surface area contributed by atoms with E-state index in [9.17, 15) is 19.3 Å². The molecule has 4 rings (SSSR count). The van der Waals surface area contributed by atoms with E-state index in [1.165, 1.54) is 24.9 Å². The molecule has 0 radical (unpaired) electrons. The molecule has 264 valence electrons. The number of carbonyl (C=O) groups excluding carboxylic acids is 1. The molecule has 2 fully saturated rings. The van der Waals surface area contributed by atoms with Crippen LogP contribution in [0.15, 0.2) is 72.0 Å². The van der Waals surface area contributed by atoms with Crippen molar-refractivity contribution in [1.82, 2.24) is 15.2 Å². The molecule has 48 heavy (non-hydrogen) atoms. The number of nitroso groups, excluding NO2 is 1. The zero-order valence-corrected chi connectivity index (χ0v) is 29.4. The highest BCUT2D eigenvalue weighted by atomic mass is 35.5. The highest BCUT2D eigenvalue weighted by Crippen LogP contribution is 2.34. The lowest BCUT2D eigenvalue weighted by Gasteiger charge is -2.32. The van der Waals surface area contributed by atoms with Gasteiger partial charge in [-0.25, -0.2) is 14.4 Å². The van der Waals surface area contributed by atoms with Crippen LogP contribution in [-0.4, -0.2) is 82.8 Å². The Morgan fingerprint density at radius 2 is 1.58 bits per heavy atom. The molecule has 13 heteroatoms. The third-order valence-electron chi connectivity index (χ3n) is 8.57. The minimum atomic E-state index is -1.26. The number of carboxylic acid groups (broad SMARTS) is 2. The molecule has 1 heterocycles. The van der Waals surface area contributed by atoms with Gasteiger partial charge < -0.3 is 25.2 Å². The third-order valence-corrected chi connectivity index (χ3v) is 9.00. The molecule has 0 bridgehead atoms. The second kappa shape index (κ2) is 21.5. The van der Waals surface area contributed by atoms with Crippen molar-refractivity contribution in [3.63, 3.8) is 0 Å². The van der Waals surface area contributed by atoms with Crippen molar-refractivity contribution in [2.24, 2.45) is 11.2 Å². The van der Waals surface area contributed by atoms with E-state index in [-0.39, 0.29) is 18.5 Å². The van der Waals surface area contributed by atoms with E-state index in [2.05, 4.69) is 72.8 Å². The van der Waals surface area contributed by atoms with Gasteiger partial charge in [0.25, 0.3) is 0 Å². The van der Waals surface area contributed by atoms with E-state index >= 15 is 0 Å². The number of carbonyl (C=O) groups is 3. The van der Waals surface area contributed by atoms with Crippen molar-refractivity contribution in [2.75, 3.05) is 32.6 Å². The number of carboxylic acids is 2. The fourth-order valence-electron chi connectivity index (χ4n) is 5.66. The number of urea groups is 1. The Bertz CT molecular complexity index is 1290. The largest absolute Gasteiger partial charge is 0.478 e. The highest BCUT2D eigenvalue weighted by molar-refractivity contribution is 6.30. The van der Waals surface area contributed by atoms with Gasteiger partial charge in [-0.2, -0.15) is 5.01 Å². The normalized spacial score (nSPS) is 20.3. The number of halogens is 2. The summed E-state index contributed by atoms with van der Waals surface area (Å²) in [6.07, 6.45) is 8.96. The molecule has 2 atom stereocenters. The Hall–Kier alpha value is -3.51. The lowest BCUT2D eigenvalue weighted by atomic mass is 9.87. The molecule has 1 aliphatic carbocycles. The van der Waals surface area contributed by atoms with Crippen LogP contribution in [0.5, 0.6) is 0 Å². The number of nitrogens with zero attached hydrogens (tertiary/aromatic N) is 3. The Labute approximate surface area is 293 Å². The van der Waals surface area contributed by atoms with Crippen LogP contribution in [0.1, 0.15) is 69.9 Å². The Kier molecular flexibility index (Phi) is 18.2. The Balaban J connectivity index is 0.000000287. The number of benzene rings is 2. The van der Waals surface area contributed by atoms with Crippen LogP contribution in [0.2, 0.25) is 5.02 Å². The molecule has 0 spiro atoms. The van der Waals surface area contributed by atoms with Crippen LogP contribution in [0.4, 0.5) is 4.79 Å². The number of rotatable bonds is 12. The molecule has 2 aromatic rings. The lowest BCUT2D eigenvalue weighted by molar-refractivity contribution is -0.134. The number of hydrogen-bond acceptors (Lipinski definition) is 7. The second-order valence-corrected chi connectivity index (χ2v) is 12.9. The molecule has 0 aromatic heterocycles. The van der Waals surface area contributed by atoms with Crippen LogP contribution in [0.25, 0.3) is 0 Å². The van der Waals surface area contributed by atoms with Crippen LogP contribution in [0, 0.1) is 10.8 Å². The lowest BCUT2D eigenvalue weighted by Crippen LogP contribution is -2.44. The topological polar surface area (TPSA) is 149 Å². The van der Waals surface area contributed by atoms with Crippen LogP contribution < -0.4 is 5.32 Å². The predicted octanol–water partition coefficient (Wildman–Crippen LogP) is 7.31. The summed E-state index contributed by atoms with van der Waals surface area (Å²) in [7, 11) is 2.22. The van der Waals surface area contributed by atoms with Gasteiger partial charge in [0.05, 0.1) is 11.8 Å². The van der Waals surface area contributed by atoms with Gasteiger partial charge in [0.1, 0.15) is 5.60 Å². The van der Waals surface area contributed by atoms with Crippen molar-refractivity contribution in [1.29, 1.82) is 0 Å². The van der Waals surface area contributed by atoms with Gasteiger partial charge in [0.2, 0.25) is 0 Å². The summed E-state index contributed by atoms with van der Waals surface area (Å²) in [5.41, 5.74) is 1.85. The van der Waals surface area contributed by atoms with E-state index < -0.39 is 23.6 Å². The molecule has 3 N–H and O–H groups in total. The molecule has 1 saturated heterocycles. The monoisotopic (exact) mass is 706 g/mol. The summed E-state index contributed by atoms with van der Waals surface area (Å²) in [5.74, 6) is -1.57. The quantitative estimate of drug-likeness (QED) is 0.0900. The average Bonchev–Trinajstić information content (AvgIpc) is 3.49. The fourth-order valence-corrected chi connectivity index (χ4v) is 5.94. The van der Waals surface area contributed by atoms with Crippen LogP contribution in [0.3, 0.4) is 0 Å². The zero-order valence-electron chi connectivity index (χ0n) is 27.9. The molecule has 2 unspecified atom stereocenters. The Morgan fingerprint density at radius 3 is 2.08 bits per heavy atom. The fraction of sp³-hybridized carbons (Fsp3) is 0.514. The van der Waals surface area contributed by atoms with E-state index in [4.69, 9.17) is 38.2 Å². The maximum absolute atomic E-state index is 11.6. The first kappa shape index (κ1) is 40.7. The first-order valence-electron chi connectivity index (χ1n) is 16.2. The minimum absolute atomic E-state index is 0.153. The van der Waals surface area contributed by atoms with Crippen LogP contribution in [-0.2, 0) is 19.9 Å². The van der Waals surface area contributed by atoms with Crippen molar-refractivity contribution < 1.29 is 29.3 Å². The standard InChI is InChI=1S/C21H26ClNO.C10H18ClN3O2.C4H4O4/c1-21(17-7-4-3-5-8-17,18-10-12-19(22)13-11-18)24-16-14-20-9-6-15-23(20)2;1-8-2-4-9(5-3-8)12-10(15)14(13-16)7-6-11;5-3(6)1-2-4(7)8/h3-5,7-8,10-13,20H,6,9,14-16H2,1-2H3;8-9H,2-7H2,1H3,(H,12,15);1-2H,(H,5,6)(H,7,8). The van der Waals surface area contributed by atoms with Gasteiger partial charge in [0.15, 0.2) is 0 Å². The van der Waals surface area contributed by atoms with E-state index in [0.29, 0.717) is 18.2 Å². The maximum Gasteiger partial charge on any atom is 0.340 e. The smallest absolute Gasteiger partial charge is 0.340 e.